The van der Waals surface area contributed by atoms with Crippen LogP contribution in [0.4, 0.5) is 0 Å². The van der Waals surface area contributed by atoms with Gasteiger partial charge in [0.05, 0.1) is 19.7 Å². The number of nitrogens with zero attached hydrogens (tertiary/aromatic N) is 1. The largest absolute Gasteiger partial charge is 0.497 e. The van der Waals surface area contributed by atoms with Gasteiger partial charge in [-0.15, -0.1) is 0 Å². The Labute approximate surface area is 150 Å². The van der Waals surface area contributed by atoms with E-state index in [0.717, 1.165) is 28.5 Å². The van der Waals surface area contributed by atoms with Crippen LogP contribution >= 0.6 is 0 Å². The highest BCUT2D eigenvalue weighted by atomic mass is 16.5. The molecule has 0 fully saturated rings. The van der Waals surface area contributed by atoms with Gasteiger partial charge < -0.3 is 14.1 Å². The first-order valence-electron chi connectivity index (χ1n) is 8.45. The molecule has 0 radical (unpaired) electrons. The second-order valence-corrected chi connectivity index (χ2v) is 6.26. The number of benzene rings is 2. The second kappa shape index (κ2) is 6.74. The van der Waals surface area contributed by atoms with Crippen molar-refractivity contribution in [3.63, 3.8) is 0 Å². The first-order chi connectivity index (χ1) is 12.7. The maximum atomic E-state index is 13.1. The Kier molecular flexibility index (Phi) is 4.28. The zero-order chi connectivity index (χ0) is 18.1. The third-order valence-electron chi connectivity index (χ3n) is 4.74. The van der Waals surface area contributed by atoms with Crippen LogP contribution in [0.5, 0.6) is 5.75 Å². The fourth-order valence-electron chi connectivity index (χ4n) is 3.49. The van der Waals surface area contributed by atoms with E-state index in [4.69, 9.17) is 4.74 Å². The molecule has 1 aromatic heterocycles. The molecule has 1 unspecified atom stereocenters. The van der Waals surface area contributed by atoms with Gasteiger partial charge in [0.25, 0.3) is 5.56 Å². The number of rotatable bonds is 3. The average molecular weight is 349 g/mol. The number of carbonyl (C=O) groups excluding carboxylic acids is 1. The van der Waals surface area contributed by atoms with Gasteiger partial charge in [0, 0.05) is 28.6 Å². The molecule has 0 aliphatic carbocycles. The van der Waals surface area contributed by atoms with Gasteiger partial charge in [0.2, 0.25) is 0 Å². The molecule has 0 bridgehead atoms. The number of aromatic nitrogens is 1. The highest BCUT2D eigenvalue weighted by Crippen LogP contribution is 2.33. The van der Waals surface area contributed by atoms with E-state index in [2.05, 4.69) is 10.9 Å². The Morgan fingerprint density at radius 2 is 1.96 bits per heavy atom. The minimum atomic E-state index is -0.465. The monoisotopic (exact) mass is 349 g/mol. The number of carbonyl (C=O) groups is 1. The van der Waals surface area contributed by atoms with Crippen LogP contribution in [-0.2, 0) is 17.9 Å². The Morgan fingerprint density at radius 3 is 2.69 bits per heavy atom. The SMILES string of the molecule is COc1ccc2c(=O)n3c(c(-c4ccccc4)c2c1)CNNC(C=O)C3. The Bertz CT molecular complexity index is 1030. The zero-order valence-electron chi connectivity index (χ0n) is 14.4. The minimum absolute atomic E-state index is 0.102. The average Bonchev–Trinajstić information content (AvgIpc) is 2.91. The van der Waals surface area contributed by atoms with Crippen molar-refractivity contribution in [3.05, 3.63) is 64.6 Å². The first kappa shape index (κ1) is 16.5. The Balaban J connectivity index is 2.11. The molecule has 4 rings (SSSR count). The fourth-order valence-corrected chi connectivity index (χ4v) is 3.49. The highest BCUT2D eigenvalue weighted by molar-refractivity contribution is 5.98. The third kappa shape index (κ3) is 2.69. The molecular weight excluding hydrogens is 330 g/mol. The molecule has 1 aliphatic rings. The van der Waals surface area contributed by atoms with Crippen LogP contribution in [0.25, 0.3) is 21.9 Å². The molecule has 0 saturated heterocycles. The van der Waals surface area contributed by atoms with E-state index in [-0.39, 0.29) is 12.1 Å². The van der Waals surface area contributed by atoms with Gasteiger partial charge in [-0.1, -0.05) is 30.3 Å². The molecule has 0 amide bonds. The zero-order valence-corrected chi connectivity index (χ0v) is 14.4. The number of hydrazine groups is 1. The number of pyridine rings is 1. The van der Waals surface area contributed by atoms with E-state index in [1.165, 1.54) is 0 Å². The molecule has 6 nitrogen and oxygen atoms in total. The fraction of sp³-hybridized carbons (Fsp3) is 0.200. The highest BCUT2D eigenvalue weighted by Gasteiger charge is 2.23. The summed E-state index contributed by atoms with van der Waals surface area (Å²) >= 11 is 0. The maximum absolute atomic E-state index is 13.1. The molecule has 132 valence electrons. The molecule has 6 heteroatoms. The van der Waals surface area contributed by atoms with Crippen molar-refractivity contribution >= 4 is 17.1 Å². The van der Waals surface area contributed by atoms with Crippen LogP contribution in [0.3, 0.4) is 0 Å². The quantitative estimate of drug-likeness (QED) is 0.706. The summed E-state index contributed by atoms with van der Waals surface area (Å²) in [6.07, 6.45) is 0.814. The number of aldehydes is 1. The molecule has 1 aliphatic heterocycles. The van der Waals surface area contributed by atoms with Crippen LogP contribution in [0.2, 0.25) is 0 Å². The molecule has 2 aromatic carbocycles. The maximum Gasteiger partial charge on any atom is 0.258 e. The van der Waals surface area contributed by atoms with Crippen LogP contribution in [0.1, 0.15) is 5.69 Å². The first-order valence-corrected chi connectivity index (χ1v) is 8.45. The van der Waals surface area contributed by atoms with Crippen LogP contribution in [0.15, 0.2) is 53.3 Å². The lowest BCUT2D eigenvalue weighted by Gasteiger charge is -2.18. The van der Waals surface area contributed by atoms with Crippen LogP contribution in [-0.4, -0.2) is 24.0 Å². The van der Waals surface area contributed by atoms with Gasteiger partial charge in [0.1, 0.15) is 12.0 Å². The van der Waals surface area contributed by atoms with Gasteiger partial charge in [-0.25, -0.2) is 5.43 Å². The third-order valence-corrected chi connectivity index (χ3v) is 4.74. The molecule has 2 heterocycles. The van der Waals surface area contributed by atoms with Crippen molar-refractivity contribution in [2.24, 2.45) is 0 Å². The minimum Gasteiger partial charge on any atom is -0.497 e. The summed E-state index contributed by atoms with van der Waals surface area (Å²) < 4.78 is 7.07. The lowest BCUT2D eigenvalue weighted by atomic mass is 9.96. The van der Waals surface area contributed by atoms with Crippen molar-refractivity contribution in [3.8, 4) is 16.9 Å². The molecule has 2 N–H and O–H groups in total. The van der Waals surface area contributed by atoms with E-state index in [1.54, 1.807) is 23.8 Å². The molecule has 1 atom stereocenters. The van der Waals surface area contributed by atoms with E-state index in [1.807, 2.05) is 36.4 Å². The molecule has 0 saturated carbocycles. The summed E-state index contributed by atoms with van der Waals surface area (Å²) in [6.45, 7) is 0.712. The Morgan fingerprint density at radius 1 is 1.15 bits per heavy atom. The van der Waals surface area contributed by atoms with Gasteiger partial charge in [-0.3, -0.25) is 10.2 Å². The number of nitrogens with one attached hydrogen (secondary N) is 2. The second-order valence-electron chi connectivity index (χ2n) is 6.26. The number of methoxy groups -OCH3 is 1. The normalized spacial score (nSPS) is 16.7. The predicted molar refractivity (Wildman–Crippen MR) is 100 cm³/mol. The molecular formula is C20H19N3O3. The van der Waals surface area contributed by atoms with Gasteiger partial charge in [0.15, 0.2) is 0 Å². The number of hydrogen-bond donors (Lipinski definition) is 2. The topological polar surface area (TPSA) is 72.4 Å². The smallest absolute Gasteiger partial charge is 0.258 e. The lowest BCUT2D eigenvalue weighted by Crippen LogP contribution is -2.41. The summed E-state index contributed by atoms with van der Waals surface area (Å²) in [5.74, 6) is 0.699. The van der Waals surface area contributed by atoms with E-state index < -0.39 is 6.04 Å². The van der Waals surface area contributed by atoms with Gasteiger partial charge >= 0.3 is 0 Å². The van der Waals surface area contributed by atoms with Crippen molar-refractivity contribution in [2.75, 3.05) is 7.11 Å². The number of hydrogen-bond acceptors (Lipinski definition) is 5. The number of ether oxygens (including phenoxy) is 1. The molecule has 3 aromatic rings. The molecule has 0 spiro atoms. The van der Waals surface area contributed by atoms with Crippen LogP contribution in [0, 0.1) is 0 Å². The summed E-state index contributed by atoms with van der Waals surface area (Å²) in [7, 11) is 1.61. The van der Waals surface area contributed by atoms with E-state index >= 15 is 0 Å². The van der Waals surface area contributed by atoms with Crippen molar-refractivity contribution in [1.82, 2.24) is 15.4 Å². The summed E-state index contributed by atoms with van der Waals surface area (Å²) in [5.41, 5.74) is 8.75. The van der Waals surface area contributed by atoms with Gasteiger partial charge in [-0.05, 0) is 23.8 Å². The summed E-state index contributed by atoms with van der Waals surface area (Å²) in [6, 6.07) is 15.0. The van der Waals surface area contributed by atoms with Crippen molar-refractivity contribution in [1.29, 1.82) is 0 Å². The van der Waals surface area contributed by atoms with E-state index in [9.17, 15) is 9.59 Å². The number of fused-ring (bicyclic) bond motifs is 2. The lowest BCUT2D eigenvalue weighted by molar-refractivity contribution is -0.110. The van der Waals surface area contributed by atoms with Gasteiger partial charge in [-0.2, -0.15) is 0 Å². The predicted octanol–water partition coefficient (Wildman–Crippen LogP) is 1.85. The Hall–Kier alpha value is -2.96. The standard InChI is InChI=1S/C20H19N3O3/c1-26-15-7-8-16-17(9-15)19(13-5-3-2-4-6-13)18-10-21-22-14(12-24)11-23(18)20(16)25/h2-9,12,14,21-22H,10-11H2,1H3. The molecule has 26 heavy (non-hydrogen) atoms. The van der Waals surface area contributed by atoms with Crippen molar-refractivity contribution in [2.45, 2.75) is 19.1 Å². The summed E-state index contributed by atoms with van der Waals surface area (Å²) in [5, 5.41) is 1.46. The van der Waals surface area contributed by atoms with Crippen molar-refractivity contribution < 1.29 is 9.53 Å². The van der Waals surface area contributed by atoms with E-state index in [0.29, 0.717) is 17.7 Å². The summed E-state index contributed by atoms with van der Waals surface area (Å²) in [4.78, 5) is 24.4. The van der Waals surface area contributed by atoms with Crippen LogP contribution < -0.4 is 21.1 Å².